The molecule has 0 saturated carbocycles. The Labute approximate surface area is 102 Å². The van der Waals surface area contributed by atoms with Crippen LogP contribution in [0.5, 0.6) is 5.75 Å². The zero-order valence-corrected chi connectivity index (χ0v) is 10.6. The van der Waals surface area contributed by atoms with Crippen LogP contribution in [0.25, 0.3) is 0 Å². The average Bonchev–Trinajstić information content (AvgIpc) is 2.35. The lowest BCUT2D eigenvalue weighted by molar-refractivity contribution is -0.133. The summed E-state index contributed by atoms with van der Waals surface area (Å²) in [6.45, 7) is 4.41. The first-order valence-corrected chi connectivity index (χ1v) is 5.69. The molecular formula is C13H20N2O2. The largest absolute Gasteiger partial charge is 0.484 e. The second-order valence-electron chi connectivity index (χ2n) is 4.19. The van der Waals surface area contributed by atoms with Crippen molar-refractivity contribution in [3.63, 3.8) is 0 Å². The molecule has 1 rings (SSSR count). The van der Waals surface area contributed by atoms with Crippen LogP contribution < -0.4 is 10.5 Å². The maximum Gasteiger partial charge on any atom is 0.260 e. The fourth-order valence-electron chi connectivity index (χ4n) is 1.29. The van der Waals surface area contributed by atoms with Gasteiger partial charge in [0.2, 0.25) is 0 Å². The standard InChI is InChI=1S/C13H20N2O2/c1-10-4-6-12(7-5-10)17-9-13(16)15(3)11(2)8-14/h4-7,11H,8-9,14H2,1-3H3. The highest BCUT2D eigenvalue weighted by Crippen LogP contribution is 2.11. The zero-order valence-electron chi connectivity index (χ0n) is 10.6. The van der Waals surface area contributed by atoms with Gasteiger partial charge in [-0.2, -0.15) is 0 Å². The molecule has 2 N–H and O–H groups in total. The molecule has 0 heterocycles. The molecule has 94 valence electrons. The molecule has 1 aromatic carbocycles. The number of nitrogens with two attached hydrogens (primary N) is 1. The van der Waals surface area contributed by atoms with E-state index >= 15 is 0 Å². The molecule has 4 nitrogen and oxygen atoms in total. The summed E-state index contributed by atoms with van der Waals surface area (Å²) in [5.41, 5.74) is 6.66. The van der Waals surface area contributed by atoms with Gasteiger partial charge in [-0.1, -0.05) is 17.7 Å². The number of likely N-dealkylation sites (N-methyl/N-ethyl adjacent to an activating group) is 1. The number of hydrogen-bond acceptors (Lipinski definition) is 3. The van der Waals surface area contributed by atoms with E-state index in [1.165, 1.54) is 0 Å². The maximum absolute atomic E-state index is 11.7. The summed E-state index contributed by atoms with van der Waals surface area (Å²) in [5.74, 6) is 0.640. The third-order valence-electron chi connectivity index (χ3n) is 2.78. The first-order chi connectivity index (χ1) is 8.04. The zero-order chi connectivity index (χ0) is 12.8. The molecule has 0 fully saturated rings. The van der Waals surface area contributed by atoms with E-state index in [4.69, 9.17) is 10.5 Å². The van der Waals surface area contributed by atoms with Gasteiger partial charge < -0.3 is 15.4 Å². The molecule has 4 heteroatoms. The van der Waals surface area contributed by atoms with E-state index in [9.17, 15) is 4.79 Å². The van der Waals surface area contributed by atoms with Crippen LogP contribution in [0, 0.1) is 6.92 Å². The summed E-state index contributed by atoms with van der Waals surface area (Å²) >= 11 is 0. The SMILES string of the molecule is Cc1ccc(OCC(=O)N(C)C(C)CN)cc1. The van der Waals surface area contributed by atoms with Crippen LogP contribution in [0.3, 0.4) is 0 Å². The van der Waals surface area contributed by atoms with Gasteiger partial charge in [0.1, 0.15) is 5.75 Å². The molecule has 0 aliphatic carbocycles. The van der Waals surface area contributed by atoms with Crippen LogP contribution in [-0.4, -0.2) is 37.0 Å². The first kappa shape index (κ1) is 13.5. The number of carbonyl (C=O) groups is 1. The number of ether oxygens (including phenoxy) is 1. The molecule has 1 atom stereocenters. The van der Waals surface area contributed by atoms with Crippen molar-refractivity contribution in [3.05, 3.63) is 29.8 Å². The Balaban J connectivity index is 2.45. The van der Waals surface area contributed by atoms with Gasteiger partial charge in [0.15, 0.2) is 6.61 Å². The fourth-order valence-corrected chi connectivity index (χ4v) is 1.29. The molecule has 0 aromatic heterocycles. The second-order valence-corrected chi connectivity index (χ2v) is 4.19. The van der Waals surface area contributed by atoms with E-state index in [2.05, 4.69) is 0 Å². The second kappa shape index (κ2) is 6.25. The van der Waals surface area contributed by atoms with E-state index in [0.29, 0.717) is 12.3 Å². The molecule has 0 aliphatic heterocycles. The molecule has 17 heavy (non-hydrogen) atoms. The maximum atomic E-state index is 11.7. The van der Waals surface area contributed by atoms with Crippen LogP contribution in [0.4, 0.5) is 0 Å². The van der Waals surface area contributed by atoms with Gasteiger partial charge in [-0.3, -0.25) is 4.79 Å². The van der Waals surface area contributed by atoms with Crippen molar-refractivity contribution in [2.75, 3.05) is 20.2 Å². The van der Waals surface area contributed by atoms with Gasteiger partial charge in [0, 0.05) is 19.6 Å². The number of hydrogen-bond donors (Lipinski definition) is 1. The summed E-state index contributed by atoms with van der Waals surface area (Å²) in [7, 11) is 1.73. The minimum Gasteiger partial charge on any atom is -0.484 e. The highest BCUT2D eigenvalue weighted by atomic mass is 16.5. The monoisotopic (exact) mass is 236 g/mol. The lowest BCUT2D eigenvalue weighted by atomic mass is 10.2. The van der Waals surface area contributed by atoms with E-state index in [1.807, 2.05) is 38.1 Å². The van der Waals surface area contributed by atoms with Crippen LogP contribution in [0.2, 0.25) is 0 Å². The Kier molecular flexibility index (Phi) is 4.97. The Bertz CT molecular complexity index is 362. The highest BCUT2D eigenvalue weighted by molar-refractivity contribution is 5.77. The van der Waals surface area contributed by atoms with Gasteiger partial charge >= 0.3 is 0 Å². The number of benzene rings is 1. The molecule has 0 saturated heterocycles. The third-order valence-corrected chi connectivity index (χ3v) is 2.78. The van der Waals surface area contributed by atoms with Gasteiger partial charge in [0.05, 0.1) is 0 Å². The van der Waals surface area contributed by atoms with Crippen molar-refractivity contribution < 1.29 is 9.53 Å². The molecule has 0 aliphatic rings. The highest BCUT2D eigenvalue weighted by Gasteiger charge is 2.14. The van der Waals surface area contributed by atoms with E-state index in [-0.39, 0.29) is 18.6 Å². The molecule has 1 amide bonds. The lowest BCUT2D eigenvalue weighted by Crippen LogP contribution is -2.42. The van der Waals surface area contributed by atoms with Crippen LogP contribution in [0.15, 0.2) is 24.3 Å². The summed E-state index contributed by atoms with van der Waals surface area (Å²) in [4.78, 5) is 13.3. The molecule has 0 radical (unpaired) electrons. The van der Waals surface area contributed by atoms with Crippen LogP contribution in [0.1, 0.15) is 12.5 Å². The van der Waals surface area contributed by atoms with Gasteiger partial charge in [-0.05, 0) is 26.0 Å². The normalized spacial score (nSPS) is 12.0. The number of rotatable bonds is 5. The van der Waals surface area contributed by atoms with Crippen molar-refractivity contribution in [1.82, 2.24) is 4.90 Å². The first-order valence-electron chi connectivity index (χ1n) is 5.69. The Morgan fingerprint density at radius 2 is 2.00 bits per heavy atom. The van der Waals surface area contributed by atoms with E-state index < -0.39 is 0 Å². The van der Waals surface area contributed by atoms with E-state index in [1.54, 1.807) is 11.9 Å². The quantitative estimate of drug-likeness (QED) is 0.835. The minimum absolute atomic E-state index is 0.0316. The molecule has 0 bridgehead atoms. The predicted octanol–water partition coefficient (Wildman–Crippen LogP) is 1.18. The Hall–Kier alpha value is -1.55. The van der Waals surface area contributed by atoms with Gasteiger partial charge in [0.25, 0.3) is 5.91 Å². The van der Waals surface area contributed by atoms with E-state index in [0.717, 1.165) is 5.56 Å². The topological polar surface area (TPSA) is 55.6 Å². The van der Waals surface area contributed by atoms with Crippen molar-refractivity contribution in [2.45, 2.75) is 19.9 Å². The summed E-state index contributed by atoms with van der Waals surface area (Å²) in [6.07, 6.45) is 0. The Morgan fingerprint density at radius 1 is 1.41 bits per heavy atom. The van der Waals surface area contributed by atoms with Crippen LogP contribution in [-0.2, 0) is 4.79 Å². The van der Waals surface area contributed by atoms with Gasteiger partial charge in [-0.15, -0.1) is 0 Å². The summed E-state index contributed by atoms with van der Waals surface area (Å²) in [5, 5.41) is 0. The molecular weight excluding hydrogens is 216 g/mol. The third kappa shape index (κ3) is 4.07. The molecule has 0 spiro atoms. The minimum atomic E-state index is -0.0662. The summed E-state index contributed by atoms with van der Waals surface area (Å²) in [6, 6.07) is 7.64. The number of nitrogens with zero attached hydrogens (tertiary/aromatic N) is 1. The average molecular weight is 236 g/mol. The number of amides is 1. The fraction of sp³-hybridized carbons (Fsp3) is 0.462. The lowest BCUT2D eigenvalue weighted by Gasteiger charge is -2.23. The number of carbonyl (C=O) groups excluding carboxylic acids is 1. The number of aryl methyl sites for hydroxylation is 1. The van der Waals surface area contributed by atoms with Crippen molar-refractivity contribution in [1.29, 1.82) is 0 Å². The van der Waals surface area contributed by atoms with Crippen molar-refractivity contribution in [3.8, 4) is 5.75 Å². The predicted molar refractivity (Wildman–Crippen MR) is 68.0 cm³/mol. The molecule has 1 aromatic rings. The van der Waals surface area contributed by atoms with Crippen molar-refractivity contribution in [2.24, 2.45) is 5.73 Å². The smallest absolute Gasteiger partial charge is 0.260 e. The van der Waals surface area contributed by atoms with Crippen LogP contribution >= 0.6 is 0 Å². The molecule has 1 unspecified atom stereocenters. The Morgan fingerprint density at radius 3 is 2.53 bits per heavy atom. The van der Waals surface area contributed by atoms with Gasteiger partial charge in [-0.25, -0.2) is 0 Å². The summed E-state index contributed by atoms with van der Waals surface area (Å²) < 4.78 is 5.41. The van der Waals surface area contributed by atoms with Crippen molar-refractivity contribution >= 4 is 5.91 Å².